The summed E-state index contributed by atoms with van der Waals surface area (Å²) < 4.78 is 1.22. The molecule has 1 saturated heterocycles. The molecule has 4 heteroatoms. The van der Waals surface area contributed by atoms with Crippen LogP contribution in [0.1, 0.15) is 24.8 Å². The number of hydrogen-bond donors (Lipinski definition) is 1. The van der Waals surface area contributed by atoms with Crippen LogP contribution in [0, 0.1) is 0 Å². The number of rotatable bonds is 1. The second-order valence-corrected chi connectivity index (χ2v) is 7.76. The molecule has 0 spiro atoms. The molecule has 0 radical (unpaired) electrons. The third-order valence-electron chi connectivity index (χ3n) is 2.25. The van der Waals surface area contributed by atoms with Gasteiger partial charge in [-0.15, -0.1) is 11.3 Å². The van der Waals surface area contributed by atoms with E-state index in [-0.39, 0.29) is 5.54 Å². The fourth-order valence-corrected chi connectivity index (χ4v) is 4.45. The lowest BCUT2D eigenvalue weighted by Gasteiger charge is -2.36. The lowest BCUT2D eigenvalue weighted by atomic mass is 10.1. The van der Waals surface area contributed by atoms with Crippen LogP contribution in [-0.2, 0) is 0 Å². The van der Waals surface area contributed by atoms with Crippen molar-refractivity contribution >= 4 is 39.0 Å². The molecule has 2 heterocycles. The SMILES string of the molecule is CC1(C)CSCC(c2ccc(Br)s2)N1. The zero-order valence-electron chi connectivity index (χ0n) is 8.34. The maximum absolute atomic E-state index is 3.69. The Hall–Kier alpha value is 0.490. The van der Waals surface area contributed by atoms with E-state index in [4.69, 9.17) is 0 Å². The summed E-state index contributed by atoms with van der Waals surface area (Å²) in [6.07, 6.45) is 0. The molecule has 1 nitrogen and oxygen atoms in total. The number of hydrogen-bond acceptors (Lipinski definition) is 3. The Morgan fingerprint density at radius 1 is 1.50 bits per heavy atom. The van der Waals surface area contributed by atoms with Gasteiger partial charge in [-0.05, 0) is 41.9 Å². The first kappa shape index (κ1) is 11.0. The summed E-state index contributed by atoms with van der Waals surface area (Å²) in [6, 6.07) is 4.88. The van der Waals surface area contributed by atoms with E-state index in [9.17, 15) is 0 Å². The van der Waals surface area contributed by atoms with E-state index in [2.05, 4.69) is 47.2 Å². The summed E-state index contributed by atoms with van der Waals surface area (Å²) in [4.78, 5) is 1.44. The maximum atomic E-state index is 3.69. The zero-order chi connectivity index (χ0) is 10.2. The highest BCUT2D eigenvalue weighted by molar-refractivity contribution is 9.11. The summed E-state index contributed by atoms with van der Waals surface area (Å²) in [6.45, 7) is 4.55. The largest absolute Gasteiger partial charge is 0.303 e. The molecule has 0 bridgehead atoms. The Morgan fingerprint density at radius 2 is 2.29 bits per heavy atom. The van der Waals surface area contributed by atoms with Gasteiger partial charge in [0, 0.05) is 21.9 Å². The van der Waals surface area contributed by atoms with Crippen molar-refractivity contribution in [3.8, 4) is 0 Å². The van der Waals surface area contributed by atoms with Crippen molar-refractivity contribution in [1.82, 2.24) is 5.32 Å². The van der Waals surface area contributed by atoms with Gasteiger partial charge < -0.3 is 5.32 Å². The summed E-state index contributed by atoms with van der Waals surface area (Å²) in [5.74, 6) is 2.40. The second kappa shape index (κ2) is 4.16. The molecule has 0 aliphatic carbocycles. The summed E-state index contributed by atoms with van der Waals surface area (Å²) in [7, 11) is 0. The first-order valence-electron chi connectivity index (χ1n) is 4.67. The molecule has 1 aromatic rings. The first-order chi connectivity index (χ1) is 6.57. The van der Waals surface area contributed by atoms with E-state index < -0.39 is 0 Å². The van der Waals surface area contributed by atoms with Crippen LogP contribution >= 0.6 is 39.0 Å². The molecule has 1 fully saturated rings. The van der Waals surface area contributed by atoms with Crippen molar-refractivity contribution < 1.29 is 0 Å². The Labute approximate surface area is 102 Å². The summed E-state index contributed by atoms with van der Waals surface area (Å²) in [5.41, 5.74) is 0.268. The van der Waals surface area contributed by atoms with Crippen molar-refractivity contribution in [1.29, 1.82) is 0 Å². The number of nitrogens with one attached hydrogen (secondary N) is 1. The standard InChI is InChI=1S/C10H14BrNS2/c1-10(2)6-13-5-7(12-10)8-3-4-9(11)14-8/h3-4,7,12H,5-6H2,1-2H3. The molecule has 0 aromatic carbocycles. The van der Waals surface area contributed by atoms with Gasteiger partial charge in [0.15, 0.2) is 0 Å². The molecule has 0 amide bonds. The Bertz CT molecular complexity index is 322. The third-order valence-corrected chi connectivity index (χ3v) is 5.48. The molecule has 1 aliphatic heterocycles. The van der Waals surface area contributed by atoms with Gasteiger partial charge in [0.05, 0.1) is 9.83 Å². The lowest BCUT2D eigenvalue weighted by Crippen LogP contribution is -2.47. The van der Waals surface area contributed by atoms with Gasteiger partial charge in [0.1, 0.15) is 0 Å². The highest BCUT2D eigenvalue weighted by Crippen LogP contribution is 2.34. The molecule has 14 heavy (non-hydrogen) atoms. The highest BCUT2D eigenvalue weighted by Gasteiger charge is 2.28. The van der Waals surface area contributed by atoms with E-state index in [1.165, 1.54) is 20.2 Å². The topological polar surface area (TPSA) is 12.0 Å². The third kappa shape index (κ3) is 2.54. The minimum atomic E-state index is 0.268. The van der Waals surface area contributed by atoms with Crippen LogP contribution < -0.4 is 5.32 Å². The minimum Gasteiger partial charge on any atom is -0.303 e. The zero-order valence-corrected chi connectivity index (χ0v) is 11.6. The molecule has 78 valence electrons. The van der Waals surface area contributed by atoms with Crippen LogP contribution in [0.2, 0.25) is 0 Å². The van der Waals surface area contributed by atoms with Crippen molar-refractivity contribution in [3.05, 3.63) is 20.8 Å². The number of thioether (sulfide) groups is 1. The van der Waals surface area contributed by atoms with Crippen LogP contribution in [-0.4, -0.2) is 17.0 Å². The molecule has 2 rings (SSSR count). The van der Waals surface area contributed by atoms with Crippen molar-refractivity contribution in [2.45, 2.75) is 25.4 Å². The fourth-order valence-electron chi connectivity index (χ4n) is 1.66. The predicted octanol–water partition coefficient (Wildman–Crippen LogP) is 3.67. The minimum absolute atomic E-state index is 0.268. The van der Waals surface area contributed by atoms with Gasteiger partial charge >= 0.3 is 0 Å². The van der Waals surface area contributed by atoms with Crippen LogP contribution in [0.15, 0.2) is 15.9 Å². The monoisotopic (exact) mass is 291 g/mol. The number of thiophene rings is 1. The van der Waals surface area contributed by atoms with Gasteiger partial charge in [-0.1, -0.05) is 0 Å². The van der Waals surface area contributed by atoms with Crippen molar-refractivity contribution in [2.75, 3.05) is 11.5 Å². The first-order valence-corrected chi connectivity index (χ1v) is 7.44. The maximum Gasteiger partial charge on any atom is 0.0701 e. The van der Waals surface area contributed by atoms with E-state index >= 15 is 0 Å². The van der Waals surface area contributed by atoms with Gasteiger partial charge in [0.2, 0.25) is 0 Å². The van der Waals surface area contributed by atoms with Gasteiger partial charge in [-0.2, -0.15) is 11.8 Å². The van der Waals surface area contributed by atoms with Gasteiger partial charge in [-0.25, -0.2) is 0 Å². The highest BCUT2D eigenvalue weighted by atomic mass is 79.9. The molecule has 0 saturated carbocycles. The Kier molecular flexibility index (Phi) is 3.27. The van der Waals surface area contributed by atoms with Crippen molar-refractivity contribution in [3.63, 3.8) is 0 Å². The summed E-state index contributed by atoms with van der Waals surface area (Å²) >= 11 is 7.39. The lowest BCUT2D eigenvalue weighted by molar-refractivity contribution is 0.379. The average molecular weight is 292 g/mol. The van der Waals surface area contributed by atoms with Crippen LogP contribution in [0.25, 0.3) is 0 Å². The van der Waals surface area contributed by atoms with Crippen LogP contribution in [0.4, 0.5) is 0 Å². The van der Waals surface area contributed by atoms with Gasteiger partial charge in [0.25, 0.3) is 0 Å². The normalized spacial score (nSPS) is 26.4. The number of halogens is 1. The smallest absolute Gasteiger partial charge is 0.0701 e. The van der Waals surface area contributed by atoms with Crippen molar-refractivity contribution in [2.24, 2.45) is 0 Å². The van der Waals surface area contributed by atoms with Crippen LogP contribution in [0.5, 0.6) is 0 Å². The Balaban J connectivity index is 2.12. The van der Waals surface area contributed by atoms with E-state index in [1.807, 2.05) is 23.1 Å². The fraction of sp³-hybridized carbons (Fsp3) is 0.600. The molecular weight excluding hydrogens is 278 g/mol. The molecule has 1 N–H and O–H groups in total. The second-order valence-electron chi connectivity index (χ2n) is 4.24. The predicted molar refractivity (Wildman–Crippen MR) is 69.3 cm³/mol. The molecule has 1 aliphatic rings. The Morgan fingerprint density at radius 3 is 2.86 bits per heavy atom. The molecule has 1 aromatic heterocycles. The van der Waals surface area contributed by atoms with Crippen LogP contribution in [0.3, 0.4) is 0 Å². The van der Waals surface area contributed by atoms with Gasteiger partial charge in [-0.3, -0.25) is 0 Å². The molecule has 1 atom stereocenters. The molecular formula is C10H14BrNS2. The quantitative estimate of drug-likeness (QED) is 0.847. The van der Waals surface area contributed by atoms with E-state index in [1.54, 1.807) is 0 Å². The van der Waals surface area contributed by atoms with E-state index in [0.29, 0.717) is 6.04 Å². The average Bonchev–Trinajstić information content (AvgIpc) is 2.50. The summed E-state index contributed by atoms with van der Waals surface area (Å²) in [5, 5.41) is 3.69. The molecule has 1 unspecified atom stereocenters. The van der Waals surface area contributed by atoms with E-state index in [0.717, 1.165) is 0 Å².